The van der Waals surface area contributed by atoms with Crippen LogP contribution in [-0.4, -0.2) is 22.2 Å². The van der Waals surface area contributed by atoms with Crippen LogP contribution in [0, 0.1) is 19.3 Å². The molecule has 1 aliphatic rings. The predicted octanol–water partition coefficient (Wildman–Crippen LogP) is 5.30. The molecule has 0 radical (unpaired) electrons. The molecule has 3 rings (SSSR count). The molecule has 0 atom stereocenters. The molecule has 0 bridgehead atoms. The Morgan fingerprint density at radius 3 is 2.30 bits per heavy atom. The van der Waals surface area contributed by atoms with Crippen molar-refractivity contribution in [2.24, 2.45) is 5.41 Å². The summed E-state index contributed by atoms with van der Waals surface area (Å²) in [4.78, 5) is 14.4. The molecule has 164 valence electrons. The molecule has 0 saturated carbocycles. The van der Waals surface area contributed by atoms with Gasteiger partial charge in [-0.05, 0) is 55.0 Å². The first-order chi connectivity index (χ1) is 13.8. The number of fused-ring (bicyclic) bond motifs is 1. The highest BCUT2D eigenvalue weighted by Crippen LogP contribution is 2.32. The average molecular weight is 422 g/mol. The average Bonchev–Trinajstić information content (AvgIpc) is 2.89. The largest absolute Gasteiger partial charge is 0.435 e. The lowest BCUT2D eigenvalue weighted by atomic mass is 9.92. The van der Waals surface area contributed by atoms with E-state index in [1.54, 1.807) is 0 Å². The van der Waals surface area contributed by atoms with E-state index < -0.39 is 11.9 Å². The SMILES string of the molecule is Cc1cc(N2CCCn3nc(C(F)(F)F)cc3C2)cc(C)c1NC(=O)CC(C)(C)C. The molecule has 1 aliphatic heterocycles. The van der Waals surface area contributed by atoms with Gasteiger partial charge in [0.1, 0.15) is 0 Å². The zero-order valence-corrected chi connectivity index (χ0v) is 18.2. The summed E-state index contributed by atoms with van der Waals surface area (Å²) in [7, 11) is 0. The van der Waals surface area contributed by atoms with Gasteiger partial charge < -0.3 is 10.2 Å². The zero-order chi connectivity index (χ0) is 22.3. The number of carbonyl (C=O) groups excluding carboxylic acids is 1. The second-order valence-corrected chi connectivity index (χ2v) is 9.26. The van der Waals surface area contributed by atoms with Crippen LogP contribution in [0.3, 0.4) is 0 Å². The zero-order valence-electron chi connectivity index (χ0n) is 18.2. The van der Waals surface area contributed by atoms with Crippen molar-refractivity contribution in [3.8, 4) is 0 Å². The summed E-state index contributed by atoms with van der Waals surface area (Å²) in [6.07, 6.45) is -3.32. The number of aryl methyl sites for hydroxylation is 3. The summed E-state index contributed by atoms with van der Waals surface area (Å²) in [5.74, 6) is -0.0280. The standard InChI is InChI=1S/C22H29F3N4O/c1-14-9-16(10-15(2)20(14)26-19(30)12-21(3,4)5)28-7-6-8-29-17(13-28)11-18(27-29)22(23,24)25/h9-11H,6-8,12-13H2,1-5H3,(H,26,30). The lowest BCUT2D eigenvalue weighted by molar-refractivity contribution is -0.141. The summed E-state index contributed by atoms with van der Waals surface area (Å²) >= 11 is 0. The van der Waals surface area contributed by atoms with Crippen LogP contribution < -0.4 is 10.2 Å². The molecule has 0 spiro atoms. The van der Waals surface area contributed by atoms with Gasteiger partial charge in [-0.3, -0.25) is 9.48 Å². The molecule has 5 nitrogen and oxygen atoms in total. The second kappa shape index (κ2) is 7.96. The van der Waals surface area contributed by atoms with E-state index in [1.807, 2.05) is 46.8 Å². The first-order valence-corrected chi connectivity index (χ1v) is 10.1. The molecule has 2 heterocycles. The van der Waals surface area contributed by atoms with Gasteiger partial charge in [0.25, 0.3) is 0 Å². The van der Waals surface area contributed by atoms with Crippen LogP contribution in [0.15, 0.2) is 18.2 Å². The second-order valence-electron chi connectivity index (χ2n) is 9.26. The number of amides is 1. The van der Waals surface area contributed by atoms with Crippen LogP contribution in [0.25, 0.3) is 0 Å². The highest BCUT2D eigenvalue weighted by Gasteiger charge is 2.35. The number of hydrogen-bond acceptors (Lipinski definition) is 3. The van der Waals surface area contributed by atoms with E-state index in [2.05, 4.69) is 15.3 Å². The Morgan fingerprint density at radius 2 is 1.73 bits per heavy atom. The Labute approximate surface area is 175 Å². The van der Waals surface area contributed by atoms with Crippen molar-refractivity contribution in [1.82, 2.24) is 9.78 Å². The van der Waals surface area contributed by atoms with E-state index in [9.17, 15) is 18.0 Å². The third kappa shape index (κ3) is 5.15. The predicted molar refractivity (Wildman–Crippen MR) is 112 cm³/mol. The maximum absolute atomic E-state index is 13.0. The van der Waals surface area contributed by atoms with Crippen LogP contribution >= 0.6 is 0 Å². The maximum atomic E-state index is 13.0. The van der Waals surface area contributed by atoms with E-state index in [4.69, 9.17) is 0 Å². The number of carbonyl (C=O) groups is 1. The number of aromatic nitrogens is 2. The fourth-order valence-electron chi connectivity index (χ4n) is 3.81. The van der Waals surface area contributed by atoms with Crippen molar-refractivity contribution in [1.29, 1.82) is 0 Å². The summed E-state index contributed by atoms with van der Waals surface area (Å²) in [6, 6.07) is 5.10. The fraction of sp³-hybridized carbons (Fsp3) is 0.545. The Morgan fingerprint density at radius 1 is 1.10 bits per heavy atom. The molecule has 30 heavy (non-hydrogen) atoms. The summed E-state index contributed by atoms with van der Waals surface area (Å²) in [6.45, 7) is 11.5. The van der Waals surface area contributed by atoms with Crippen LogP contribution in [0.4, 0.5) is 24.5 Å². The highest BCUT2D eigenvalue weighted by atomic mass is 19.4. The van der Waals surface area contributed by atoms with Gasteiger partial charge in [0.05, 0.1) is 12.2 Å². The molecule has 1 aromatic carbocycles. The number of anilines is 2. The Hall–Kier alpha value is -2.51. The minimum absolute atomic E-state index is 0.0280. The molecule has 0 saturated heterocycles. The normalized spacial score (nSPS) is 15.0. The number of nitrogens with one attached hydrogen (secondary N) is 1. The molecule has 1 N–H and O–H groups in total. The van der Waals surface area contributed by atoms with Crippen molar-refractivity contribution in [2.45, 2.75) is 66.7 Å². The van der Waals surface area contributed by atoms with Gasteiger partial charge in [-0.25, -0.2) is 0 Å². The Balaban J connectivity index is 1.82. The monoisotopic (exact) mass is 422 g/mol. The van der Waals surface area contributed by atoms with Gasteiger partial charge >= 0.3 is 6.18 Å². The first-order valence-electron chi connectivity index (χ1n) is 10.1. The molecule has 1 amide bonds. The summed E-state index contributed by atoms with van der Waals surface area (Å²) in [5.41, 5.74) is 3.20. The van der Waals surface area contributed by atoms with E-state index in [0.717, 1.165) is 35.1 Å². The number of benzene rings is 1. The Bertz CT molecular complexity index is 918. The van der Waals surface area contributed by atoms with Gasteiger partial charge in [0.2, 0.25) is 5.91 Å². The molecule has 2 aromatic rings. The van der Waals surface area contributed by atoms with Gasteiger partial charge in [-0.2, -0.15) is 18.3 Å². The number of hydrogen-bond donors (Lipinski definition) is 1. The number of rotatable bonds is 3. The van der Waals surface area contributed by atoms with Crippen molar-refractivity contribution in [3.05, 3.63) is 40.7 Å². The van der Waals surface area contributed by atoms with Gasteiger partial charge in [0, 0.05) is 30.9 Å². The van der Waals surface area contributed by atoms with Crippen LogP contribution in [-0.2, 0) is 24.1 Å². The minimum atomic E-state index is -4.44. The molecule has 1 aromatic heterocycles. The maximum Gasteiger partial charge on any atom is 0.435 e. The smallest absolute Gasteiger partial charge is 0.366 e. The van der Waals surface area contributed by atoms with Gasteiger partial charge in [0.15, 0.2) is 5.69 Å². The molecule has 8 heteroatoms. The number of alkyl halides is 3. The van der Waals surface area contributed by atoms with Gasteiger partial charge in [-0.15, -0.1) is 0 Å². The molecule has 0 aliphatic carbocycles. The first kappa shape index (κ1) is 22.2. The highest BCUT2D eigenvalue weighted by molar-refractivity contribution is 5.93. The van der Waals surface area contributed by atoms with Gasteiger partial charge in [-0.1, -0.05) is 20.8 Å². The van der Waals surface area contributed by atoms with E-state index in [1.165, 1.54) is 4.68 Å². The van der Waals surface area contributed by atoms with Crippen LogP contribution in [0.2, 0.25) is 0 Å². The fourth-order valence-corrected chi connectivity index (χ4v) is 3.81. The number of halogens is 3. The topological polar surface area (TPSA) is 50.2 Å². The van der Waals surface area contributed by atoms with Crippen molar-refractivity contribution in [2.75, 3.05) is 16.8 Å². The third-order valence-electron chi connectivity index (χ3n) is 5.14. The quantitative estimate of drug-likeness (QED) is 0.730. The lowest BCUT2D eigenvalue weighted by Crippen LogP contribution is -2.23. The van der Waals surface area contributed by atoms with Crippen LogP contribution in [0.1, 0.15) is 56.1 Å². The summed E-state index contributed by atoms with van der Waals surface area (Å²) in [5, 5.41) is 6.76. The third-order valence-corrected chi connectivity index (χ3v) is 5.14. The van der Waals surface area contributed by atoms with Crippen molar-refractivity contribution in [3.63, 3.8) is 0 Å². The van der Waals surface area contributed by atoms with Crippen molar-refractivity contribution < 1.29 is 18.0 Å². The van der Waals surface area contributed by atoms with Crippen molar-refractivity contribution >= 4 is 17.3 Å². The molecule has 0 unspecified atom stereocenters. The summed E-state index contributed by atoms with van der Waals surface area (Å²) < 4.78 is 40.5. The van der Waals surface area contributed by atoms with E-state index >= 15 is 0 Å². The molecular formula is C22H29F3N4O. The minimum Gasteiger partial charge on any atom is -0.366 e. The van der Waals surface area contributed by atoms with E-state index in [-0.39, 0.29) is 11.3 Å². The molecule has 0 fully saturated rings. The van der Waals surface area contributed by atoms with Crippen LogP contribution in [0.5, 0.6) is 0 Å². The lowest BCUT2D eigenvalue weighted by Gasteiger charge is -2.25. The van der Waals surface area contributed by atoms with E-state index in [0.29, 0.717) is 31.6 Å². The molecular weight excluding hydrogens is 393 g/mol. The number of nitrogens with zero attached hydrogens (tertiary/aromatic N) is 3. The Kier molecular flexibility index (Phi) is 5.89.